The van der Waals surface area contributed by atoms with Gasteiger partial charge in [0.2, 0.25) is 15.9 Å². The van der Waals surface area contributed by atoms with Gasteiger partial charge >= 0.3 is 0 Å². The molecule has 0 radical (unpaired) electrons. The maximum atomic E-state index is 12.4. The number of hydrogen-bond donors (Lipinski definition) is 2. The van der Waals surface area contributed by atoms with Gasteiger partial charge in [0.15, 0.2) is 0 Å². The number of nitrogens with one attached hydrogen (secondary N) is 2. The fourth-order valence-electron chi connectivity index (χ4n) is 3.31. The van der Waals surface area contributed by atoms with Crippen molar-refractivity contribution in [2.24, 2.45) is 0 Å². The minimum absolute atomic E-state index is 0.00925. The van der Waals surface area contributed by atoms with Gasteiger partial charge in [-0.15, -0.1) is 0 Å². The second kappa shape index (κ2) is 11.1. The zero-order valence-corrected chi connectivity index (χ0v) is 18.2. The summed E-state index contributed by atoms with van der Waals surface area (Å²) in [6.07, 6.45) is 0.922. The summed E-state index contributed by atoms with van der Waals surface area (Å²) in [6, 6.07) is 17.0. The zero-order chi connectivity index (χ0) is 21.3. The molecule has 158 valence electrons. The first-order valence-electron chi connectivity index (χ1n) is 9.99. The summed E-state index contributed by atoms with van der Waals surface area (Å²) in [5, 5.41) is 3.06. The average Bonchev–Trinajstić information content (AvgIpc) is 2.76. The third-order valence-corrected chi connectivity index (χ3v) is 6.50. The third kappa shape index (κ3) is 6.66. The highest BCUT2D eigenvalue weighted by atomic mass is 32.2. The van der Waals surface area contributed by atoms with Gasteiger partial charge in [0, 0.05) is 13.0 Å². The number of hydrogen-bond acceptors (Lipinski definition) is 4. The number of benzene rings is 2. The molecule has 2 aromatic rings. The highest BCUT2D eigenvalue weighted by Crippen LogP contribution is 2.19. The van der Waals surface area contributed by atoms with Gasteiger partial charge in [-0.25, -0.2) is 13.1 Å². The molecule has 0 aliphatic heterocycles. The number of amides is 1. The highest BCUT2D eigenvalue weighted by Gasteiger charge is 2.18. The van der Waals surface area contributed by atoms with Crippen LogP contribution in [0.25, 0.3) is 0 Å². The summed E-state index contributed by atoms with van der Waals surface area (Å²) in [5.74, 6) is -0.00925. The predicted octanol–water partition coefficient (Wildman–Crippen LogP) is 2.73. The molecule has 0 aliphatic carbocycles. The Balaban J connectivity index is 1.92. The molecule has 29 heavy (non-hydrogen) atoms. The quantitative estimate of drug-likeness (QED) is 0.589. The first kappa shape index (κ1) is 23.1. The molecule has 0 aliphatic rings. The summed E-state index contributed by atoms with van der Waals surface area (Å²) in [4.78, 5) is 14.9. The first-order chi connectivity index (χ1) is 13.9. The molecule has 0 aromatic heterocycles. The van der Waals surface area contributed by atoms with Crippen molar-refractivity contribution in [2.45, 2.75) is 37.6 Å². The normalized spacial score (nSPS) is 12.7. The van der Waals surface area contributed by atoms with Crippen molar-refractivity contribution in [3.63, 3.8) is 0 Å². The number of nitrogens with zero attached hydrogens (tertiary/aromatic N) is 1. The summed E-state index contributed by atoms with van der Waals surface area (Å²) < 4.78 is 25.8. The van der Waals surface area contributed by atoms with Crippen LogP contribution in [0.15, 0.2) is 59.5 Å². The summed E-state index contributed by atoms with van der Waals surface area (Å²) in [6.45, 7) is 6.63. The van der Waals surface area contributed by atoms with E-state index < -0.39 is 10.0 Å². The van der Waals surface area contributed by atoms with E-state index in [4.69, 9.17) is 0 Å². The topological polar surface area (TPSA) is 78.5 Å². The maximum absolute atomic E-state index is 12.4. The Morgan fingerprint density at radius 2 is 1.62 bits per heavy atom. The van der Waals surface area contributed by atoms with Crippen molar-refractivity contribution >= 4 is 15.9 Å². The number of rotatable bonds is 11. The van der Waals surface area contributed by atoms with E-state index in [0.717, 1.165) is 18.7 Å². The molecule has 2 N–H and O–H groups in total. The van der Waals surface area contributed by atoms with Gasteiger partial charge < -0.3 is 5.32 Å². The molecule has 0 heterocycles. The third-order valence-electron chi connectivity index (χ3n) is 5.07. The molecule has 1 unspecified atom stereocenters. The molecule has 2 rings (SSSR count). The summed E-state index contributed by atoms with van der Waals surface area (Å²) >= 11 is 0. The van der Waals surface area contributed by atoms with Crippen LogP contribution in [0.3, 0.4) is 0 Å². The summed E-state index contributed by atoms with van der Waals surface area (Å²) in [5.41, 5.74) is 2.12. The molecule has 2 aromatic carbocycles. The number of carbonyl (C=O) groups is 1. The summed E-state index contributed by atoms with van der Waals surface area (Å²) in [7, 11) is -2.05. The second-order valence-corrected chi connectivity index (χ2v) is 8.69. The Hall–Kier alpha value is -2.22. The van der Waals surface area contributed by atoms with Gasteiger partial charge in [-0.2, -0.15) is 0 Å². The average molecular weight is 418 g/mol. The molecular weight excluding hydrogens is 386 g/mol. The highest BCUT2D eigenvalue weighted by molar-refractivity contribution is 7.89. The van der Waals surface area contributed by atoms with E-state index in [1.165, 1.54) is 12.6 Å². The van der Waals surface area contributed by atoms with Crippen LogP contribution in [0.1, 0.15) is 37.4 Å². The van der Waals surface area contributed by atoms with E-state index in [9.17, 15) is 13.2 Å². The van der Waals surface area contributed by atoms with Gasteiger partial charge in [-0.05, 0) is 49.8 Å². The number of likely N-dealkylation sites (N-methyl/N-ethyl adjacent to an activating group) is 1. The smallest absolute Gasteiger partial charge is 0.240 e. The molecule has 0 saturated heterocycles. The predicted molar refractivity (Wildman–Crippen MR) is 116 cm³/mol. The Morgan fingerprint density at radius 1 is 1.00 bits per heavy atom. The largest absolute Gasteiger partial charge is 0.354 e. The van der Waals surface area contributed by atoms with E-state index in [1.54, 1.807) is 24.3 Å². The van der Waals surface area contributed by atoms with Gasteiger partial charge in [0.25, 0.3) is 0 Å². The van der Waals surface area contributed by atoms with Crippen LogP contribution >= 0.6 is 0 Å². The maximum Gasteiger partial charge on any atom is 0.240 e. The molecule has 7 heteroatoms. The number of carbonyl (C=O) groups excluding carboxylic acids is 1. The lowest BCUT2D eigenvalue weighted by molar-refractivity contribution is -0.121. The first-order valence-corrected chi connectivity index (χ1v) is 11.5. The lowest BCUT2D eigenvalue weighted by atomic mass is 10.0. The van der Waals surface area contributed by atoms with E-state index >= 15 is 0 Å². The zero-order valence-electron chi connectivity index (χ0n) is 17.4. The number of aryl methyl sites for hydroxylation is 1. The van der Waals surface area contributed by atoms with Crippen molar-refractivity contribution in [2.75, 3.05) is 26.7 Å². The minimum Gasteiger partial charge on any atom is -0.354 e. The lowest BCUT2D eigenvalue weighted by Crippen LogP contribution is -2.38. The molecule has 0 spiro atoms. The molecular formula is C22H31N3O3S. The molecule has 0 saturated carbocycles. The van der Waals surface area contributed by atoms with Gasteiger partial charge in [-0.1, -0.05) is 56.3 Å². The van der Waals surface area contributed by atoms with Crippen LogP contribution in [0.4, 0.5) is 0 Å². The van der Waals surface area contributed by atoms with Crippen LogP contribution < -0.4 is 10.0 Å². The van der Waals surface area contributed by atoms with Crippen LogP contribution in [0.5, 0.6) is 0 Å². The Labute approximate surface area is 174 Å². The van der Waals surface area contributed by atoms with Gasteiger partial charge in [-0.3, -0.25) is 9.69 Å². The van der Waals surface area contributed by atoms with Crippen LogP contribution in [0, 0.1) is 0 Å². The van der Waals surface area contributed by atoms with Crippen molar-refractivity contribution < 1.29 is 13.2 Å². The van der Waals surface area contributed by atoms with Crippen molar-refractivity contribution in [1.82, 2.24) is 14.9 Å². The Morgan fingerprint density at radius 3 is 2.17 bits per heavy atom. The number of sulfonamides is 1. The van der Waals surface area contributed by atoms with E-state index in [2.05, 4.69) is 40.9 Å². The van der Waals surface area contributed by atoms with Gasteiger partial charge in [0.1, 0.15) is 0 Å². The molecule has 0 fully saturated rings. The van der Waals surface area contributed by atoms with E-state index in [1.807, 2.05) is 18.2 Å². The van der Waals surface area contributed by atoms with E-state index in [0.29, 0.717) is 19.4 Å². The van der Waals surface area contributed by atoms with Crippen molar-refractivity contribution in [3.8, 4) is 0 Å². The monoisotopic (exact) mass is 417 g/mol. The minimum atomic E-state index is -3.44. The van der Waals surface area contributed by atoms with Crippen LogP contribution in [-0.4, -0.2) is 45.9 Å². The standard InChI is InChI=1S/C22H31N3O3S/c1-4-25(5-2)21(19-9-7-6-8-10-19)17-24-22(26)16-13-18-11-14-20(15-12-18)29(27,28)23-3/h6-12,14-15,21,23H,4-5,13,16-17H2,1-3H3,(H,24,26). The van der Waals surface area contributed by atoms with E-state index in [-0.39, 0.29) is 16.8 Å². The fourth-order valence-corrected chi connectivity index (χ4v) is 4.04. The Kier molecular flexibility index (Phi) is 8.82. The van der Waals surface area contributed by atoms with Crippen LogP contribution in [0.2, 0.25) is 0 Å². The fraction of sp³-hybridized carbons (Fsp3) is 0.409. The second-order valence-electron chi connectivity index (χ2n) is 6.80. The molecule has 1 amide bonds. The van der Waals surface area contributed by atoms with Crippen molar-refractivity contribution in [1.29, 1.82) is 0 Å². The molecule has 0 bridgehead atoms. The molecule has 1 atom stereocenters. The molecule has 6 nitrogen and oxygen atoms in total. The van der Waals surface area contributed by atoms with Gasteiger partial charge in [0.05, 0.1) is 10.9 Å². The van der Waals surface area contributed by atoms with Crippen LogP contribution in [-0.2, 0) is 21.2 Å². The van der Waals surface area contributed by atoms with Crippen molar-refractivity contribution in [3.05, 3.63) is 65.7 Å². The Bertz CT molecular complexity index is 864. The lowest BCUT2D eigenvalue weighted by Gasteiger charge is -2.30. The SMILES string of the molecule is CCN(CC)C(CNC(=O)CCc1ccc(S(=O)(=O)NC)cc1)c1ccccc1.